The number of carbonyl (C=O) groups is 2. The molecular weight excluding hydrogens is 330 g/mol. The van der Waals surface area contributed by atoms with Crippen molar-refractivity contribution in [2.45, 2.75) is 45.7 Å². The van der Waals surface area contributed by atoms with Crippen molar-refractivity contribution in [3.63, 3.8) is 0 Å². The van der Waals surface area contributed by atoms with Crippen LogP contribution in [0.15, 0.2) is 30.6 Å². The first-order valence-electron chi connectivity index (χ1n) is 9.08. The zero-order chi connectivity index (χ0) is 18.7. The van der Waals surface area contributed by atoms with Crippen LogP contribution in [0.3, 0.4) is 0 Å². The fourth-order valence-corrected chi connectivity index (χ4v) is 3.26. The molecule has 2 heterocycles. The molecule has 1 aromatic heterocycles. The van der Waals surface area contributed by atoms with Crippen molar-refractivity contribution < 1.29 is 9.59 Å². The summed E-state index contributed by atoms with van der Waals surface area (Å²) in [4.78, 5) is 30.7. The Labute approximate surface area is 153 Å². The summed E-state index contributed by atoms with van der Waals surface area (Å²) in [6.07, 6.45) is 2.81. The van der Waals surface area contributed by atoms with Crippen LogP contribution in [-0.4, -0.2) is 50.6 Å². The van der Waals surface area contributed by atoms with Gasteiger partial charge in [-0.05, 0) is 32.4 Å². The molecule has 0 spiro atoms. The summed E-state index contributed by atoms with van der Waals surface area (Å²) in [5.74, 6) is 0.675. The number of nitrogens with zero attached hydrogens (tertiary/aromatic N) is 4. The molecule has 0 bridgehead atoms. The monoisotopic (exact) mass is 355 g/mol. The fraction of sp³-hybridized carbons (Fsp3) is 0.474. The van der Waals surface area contributed by atoms with Gasteiger partial charge >= 0.3 is 0 Å². The molecule has 3 rings (SSSR count). The standard InChI is InChI=1S/C19H25N5O2/c1-4-8-23-11-16(10-17(23)25)22-19(26)15-7-5-6-14(9-15)18-20-12-21-24(18)13(2)3/h5-7,9,12-13,16H,4,8,10-11H2,1-3H3,(H,22,26)/t16-/m0/s1. The van der Waals surface area contributed by atoms with Crippen molar-refractivity contribution in [2.24, 2.45) is 0 Å². The lowest BCUT2D eigenvalue weighted by Gasteiger charge is -2.16. The molecule has 2 aromatic rings. The van der Waals surface area contributed by atoms with Gasteiger partial charge in [0.2, 0.25) is 5.91 Å². The van der Waals surface area contributed by atoms with Gasteiger partial charge in [0.05, 0.1) is 6.04 Å². The maximum absolute atomic E-state index is 12.6. The first kappa shape index (κ1) is 18.1. The first-order valence-corrected chi connectivity index (χ1v) is 9.08. The van der Waals surface area contributed by atoms with Crippen LogP contribution in [0, 0.1) is 0 Å². The third-order valence-electron chi connectivity index (χ3n) is 4.49. The smallest absolute Gasteiger partial charge is 0.251 e. The minimum Gasteiger partial charge on any atom is -0.347 e. The zero-order valence-corrected chi connectivity index (χ0v) is 15.5. The third-order valence-corrected chi connectivity index (χ3v) is 4.49. The molecule has 1 fully saturated rings. The van der Waals surface area contributed by atoms with Crippen molar-refractivity contribution >= 4 is 11.8 Å². The number of hydrogen-bond donors (Lipinski definition) is 1. The van der Waals surface area contributed by atoms with Crippen molar-refractivity contribution in [3.8, 4) is 11.4 Å². The van der Waals surface area contributed by atoms with Crippen LogP contribution in [0.4, 0.5) is 0 Å². The Hall–Kier alpha value is -2.70. The molecular formula is C19H25N5O2. The van der Waals surface area contributed by atoms with Gasteiger partial charge in [-0.25, -0.2) is 9.67 Å². The van der Waals surface area contributed by atoms with Crippen molar-refractivity contribution in [1.29, 1.82) is 0 Å². The maximum Gasteiger partial charge on any atom is 0.251 e. The van der Waals surface area contributed by atoms with Gasteiger partial charge in [0.15, 0.2) is 5.82 Å². The number of rotatable bonds is 6. The summed E-state index contributed by atoms with van der Waals surface area (Å²) in [5.41, 5.74) is 1.40. The van der Waals surface area contributed by atoms with Crippen molar-refractivity contribution in [1.82, 2.24) is 25.0 Å². The maximum atomic E-state index is 12.6. The van der Waals surface area contributed by atoms with E-state index < -0.39 is 0 Å². The van der Waals surface area contributed by atoms with E-state index in [-0.39, 0.29) is 23.9 Å². The van der Waals surface area contributed by atoms with Gasteiger partial charge in [0.25, 0.3) is 5.91 Å². The SMILES string of the molecule is CCCN1C[C@@H](NC(=O)c2cccc(-c3ncnn3C(C)C)c2)CC1=O. The summed E-state index contributed by atoms with van der Waals surface area (Å²) >= 11 is 0. The Bertz CT molecular complexity index is 799. The predicted molar refractivity (Wildman–Crippen MR) is 98.6 cm³/mol. The van der Waals surface area contributed by atoms with Crippen LogP contribution >= 0.6 is 0 Å². The van der Waals surface area contributed by atoms with Gasteiger partial charge in [-0.2, -0.15) is 5.10 Å². The number of carbonyl (C=O) groups excluding carboxylic acids is 2. The summed E-state index contributed by atoms with van der Waals surface area (Å²) in [6.45, 7) is 7.44. The molecule has 1 aliphatic rings. The number of hydrogen-bond acceptors (Lipinski definition) is 4. The molecule has 1 atom stereocenters. The molecule has 1 aromatic carbocycles. The molecule has 0 aliphatic carbocycles. The second-order valence-electron chi connectivity index (χ2n) is 6.92. The molecule has 7 nitrogen and oxygen atoms in total. The third kappa shape index (κ3) is 3.76. The molecule has 1 aliphatic heterocycles. The lowest BCUT2D eigenvalue weighted by Crippen LogP contribution is -2.37. The van der Waals surface area contributed by atoms with Crippen LogP contribution in [0.2, 0.25) is 0 Å². The molecule has 0 unspecified atom stereocenters. The molecule has 26 heavy (non-hydrogen) atoms. The number of likely N-dealkylation sites (tertiary alicyclic amines) is 1. The highest BCUT2D eigenvalue weighted by Gasteiger charge is 2.30. The lowest BCUT2D eigenvalue weighted by atomic mass is 10.1. The number of aromatic nitrogens is 3. The van der Waals surface area contributed by atoms with Gasteiger partial charge in [-0.1, -0.05) is 19.1 Å². The molecule has 138 valence electrons. The van der Waals surface area contributed by atoms with Crippen molar-refractivity contribution in [2.75, 3.05) is 13.1 Å². The molecule has 0 radical (unpaired) electrons. The summed E-state index contributed by atoms with van der Waals surface area (Å²) in [6, 6.07) is 7.40. The Morgan fingerprint density at radius 3 is 2.92 bits per heavy atom. The average molecular weight is 355 g/mol. The van der Waals surface area contributed by atoms with E-state index in [4.69, 9.17) is 0 Å². The highest BCUT2D eigenvalue weighted by molar-refractivity contribution is 5.96. The highest BCUT2D eigenvalue weighted by Crippen LogP contribution is 2.21. The lowest BCUT2D eigenvalue weighted by molar-refractivity contribution is -0.127. The minimum absolute atomic E-state index is 0.107. The second kappa shape index (κ2) is 7.68. The van der Waals surface area contributed by atoms with Gasteiger partial charge in [0.1, 0.15) is 6.33 Å². The zero-order valence-electron chi connectivity index (χ0n) is 15.5. The first-order chi connectivity index (χ1) is 12.5. The molecule has 2 amide bonds. The Morgan fingerprint density at radius 2 is 2.19 bits per heavy atom. The van der Waals surface area contributed by atoms with Gasteiger partial charge in [0, 0.05) is 36.7 Å². The van der Waals surface area contributed by atoms with Crippen LogP contribution in [0.5, 0.6) is 0 Å². The quantitative estimate of drug-likeness (QED) is 0.862. The Kier molecular flexibility index (Phi) is 5.35. The van der Waals surface area contributed by atoms with E-state index in [1.165, 1.54) is 6.33 Å². The van der Waals surface area contributed by atoms with E-state index in [1.54, 1.807) is 6.07 Å². The van der Waals surface area contributed by atoms with Crippen LogP contribution in [-0.2, 0) is 4.79 Å². The topological polar surface area (TPSA) is 80.1 Å². The van der Waals surface area contributed by atoms with Crippen LogP contribution < -0.4 is 5.32 Å². The van der Waals surface area contributed by atoms with Crippen molar-refractivity contribution in [3.05, 3.63) is 36.2 Å². The van der Waals surface area contributed by atoms with E-state index in [9.17, 15) is 9.59 Å². The molecule has 1 N–H and O–H groups in total. The predicted octanol–water partition coefficient (Wildman–Crippen LogP) is 2.27. The van der Waals surface area contributed by atoms with E-state index in [0.717, 1.165) is 24.4 Å². The number of nitrogens with one attached hydrogen (secondary N) is 1. The summed E-state index contributed by atoms with van der Waals surface area (Å²) in [7, 11) is 0. The van der Waals surface area contributed by atoms with E-state index in [1.807, 2.05) is 48.6 Å². The molecule has 0 saturated carbocycles. The van der Waals surface area contributed by atoms with E-state index in [0.29, 0.717) is 18.5 Å². The second-order valence-corrected chi connectivity index (χ2v) is 6.92. The molecule has 1 saturated heterocycles. The minimum atomic E-state index is -0.168. The summed E-state index contributed by atoms with van der Waals surface area (Å²) in [5, 5.41) is 7.23. The number of benzene rings is 1. The van der Waals surface area contributed by atoms with E-state index in [2.05, 4.69) is 15.4 Å². The van der Waals surface area contributed by atoms with Crippen LogP contribution in [0.1, 0.15) is 50.0 Å². The highest BCUT2D eigenvalue weighted by atomic mass is 16.2. The Balaban J connectivity index is 1.73. The summed E-state index contributed by atoms with van der Waals surface area (Å²) < 4.78 is 1.83. The normalized spacial score (nSPS) is 17.2. The number of amides is 2. The largest absolute Gasteiger partial charge is 0.347 e. The van der Waals surface area contributed by atoms with Crippen LogP contribution in [0.25, 0.3) is 11.4 Å². The van der Waals surface area contributed by atoms with Gasteiger partial charge in [-0.3, -0.25) is 9.59 Å². The van der Waals surface area contributed by atoms with Gasteiger partial charge in [-0.15, -0.1) is 0 Å². The fourth-order valence-electron chi connectivity index (χ4n) is 3.26. The average Bonchev–Trinajstić information content (AvgIpc) is 3.23. The molecule has 7 heteroatoms. The van der Waals surface area contributed by atoms with Gasteiger partial charge < -0.3 is 10.2 Å². The van der Waals surface area contributed by atoms with E-state index >= 15 is 0 Å². The Morgan fingerprint density at radius 1 is 1.38 bits per heavy atom.